The van der Waals surface area contributed by atoms with Gasteiger partial charge in [-0.3, -0.25) is 19.3 Å². The summed E-state index contributed by atoms with van der Waals surface area (Å²) in [4.78, 5) is 43.0. The number of nitrogens with zero attached hydrogens (tertiary/aromatic N) is 3. The number of rotatable bonds is 5. The molecule has 0 spiro atoms. The lowest BCUT2D eigenvalue weighted by Crippen LogP contribution is -2.52. The maximum Gasteiger partial charge on any atom is 0.242 e. The minimum absolute atomic E-state index is 0.126. The van der Waals surface area contributed by atoms with E-state index in [1.54, 1.807) is 12.0 Å². The maximum absolute atomic E-state index is 12.8. The van der Waals surface area contributed by atoms with Crippen LogP contribution >= 0.6 is 0 Å². The molecule has 1 unspecified atom stereocenters. The van der Waals surface area contributed by atoms with Gasteiger partial charge in [-0.1, -0.05) is 30.3 Å². The Labute approximate surface area is 175 Å². The second kappa shape index (κ2) is 8.57. The summed E-state index contributed by atoms with van der Waals surface area (Å²) in [6.45, 7) is 2.34. The van der Waals surface area contributed by atoms with Crippen LogP contribution in [0.2, 0.25) is 0 Å². The Morgan fingerprint density at radius 1 is 0.967 bits per heavy atom. The molecule has 2 aliphatic rings. The van der Waals surface area contributed by atoms with E-state index < -0.39 is 5.92 Å². The first kappa shape index (κ1) is 19.9. The largest absolute Gasteiger partial charge is 0.497 e. The third-order valence-electron chi connectivity index (χ3n) is 5.81. The van der Waals surface area contributed by atoms with Crippen LogP contribution in [0.1, 0.15) is 17.9 Å². The zero-order valence-electron chi connectivity index (χ0n) is 17.0. The number of carbonyl (C=O) groups excluding carboxylic acids is 3. The number of piperazine rings is 1. The van der Waals surface area contributed by atoms with E-state index in [1.807, 2.05) is 54.6 Å². The number of methoxy groups -OCH3 is 1. The molecule has 2 aromatic carbocycles. The van der Waals surface area contributed by atoms with Crippen molar-refractivity contribution in [2.75, 3.05) is 44.7 Å². The molecule has 0 N–H and O–H groups in total. The first-order valence-electron chi connectivity index (χ1n) is 10.1. The number of likely N-dealkylation sites (tertiary alicyclic amines) is 1. The lowest BCUT2D eigenvalue weighted by Gasteiger charge is -2.36. The topological polar surface area (TPSA) is 70.2 Å². The van der Waals surface area contributed by atoms with Crippen molar-refractivity contribution in [2.24, 2.45) is 0 Å². The molecular weight excluding hydrogens is 382 g/mol. The number of imide groups is 1. The predicted molar refractivity (Wildman–Crippen MR) is 112 cm³/mol. The minimum Gasteiger partial charge on any atom is -0.497 e. The zero-order valence-corrected chi connectivity index (χ0v) is 17.0. The highest BCUT2D eigenvalue weighted by atomic mass is 16.5. The summed E-state index contributed by atoms with van der Waals surface area (Å²) in [5, 5.41) is 0. The fraction of sp³-hybridized carbons (Fsp3) is 0.348. The highest BCUT2D eigenvalue weighted by Gasteiger charge is 2.40. The number of ether oxygens (including phenoxy) is 1. The molecule has 0 bridgehead atoms. The average molecular weight is 407 g/mol. The smallest absolute Gasteiger partial charge is 0.242 e. The van der Waals surface area contributed by atoms with Gasteiger partial charge in [0.2, 0.25) is 17.7 Å². The van der Waals surface area contributed by atoms with Crippen LogP contribution < -0.4 is 9.64 Å². The Morgan fingerprint density at radius 3 is 2.27 bits per heavy atom. The first-order valence-corrected chi connectivity index (χ1v) is 10.1. The Bertz CT molecular complexity index is 921. The van der Waals surface area contributed by atoms with Gasteiger partial charge in [-0.15, -0.1) is 0 Å². The van der Waals surface area contributed by atoms with E-state index in [0.29, 0.717) is 26.2 Å². The van der Waals surface area contributed by atoms with Crippen molar-refractivity contribution in [1.29, 1.82) is 0 Å². The molecule has 0 radical (unpaired) electrons. The highest BCUT2D eigenvalue weighted by Crippen LogP contribution is 2.29. The standard InChI is InChI=1S/C23H25N3O4/c1-30-19-9-7-18(8-10-19)24-11-13-25(14-12-24)22(28)16-26-21(27)15-20(23(26)29)17-5-3-2-4-6-17/h2-10,20H,11-16H2,1H3. The molecule has 0 saturated carbocycles. The van der Waals surface area contributed by atoms with Gasteiger partial charge in [0.1, 0.15) is 12.3 Å². The predicted octanol–water partition coefficient (Wildman–Crippen LogP) is 1.89. The Balaban J connectivity index is 1.33. The molecule has 30 heavy (non-hydrogen) atoms. The van der Waals surface area contributed by atoms with Crippen LogP contribution in [-0.2, 0) is 14.4 Å². The lowest BCUT2D eigenvalue weighted by molar-refractivity contribution is -0.145. The van der Waals surface area contributed by atoms with Crippen LogP contribution in [0, 0.1) is 0 Å². The second-order valence-corrected chi connectivity index (χ2v) is 7.55. The van der Waals surface area contributed by atoms with Gasteiger partial charge in [-0.2, -0.15) is 0 Å². The quantitative estimate of drug-likeness (QED) is 0.708. The van der Waals surface area contributed by atoms with Crippen molar-refractivity contribution in [3.05, 3.63) is 60.2 Å². The Morgan fingerprint density at radius 2 is 1.63 bits per heavy atom. The summed E-state index contributed by atoms with van der Waals surface area (Å²) >= 11 is 0. The molecule has 2 aromatic rings. The van der Waals surface area contributed by atoms with Crippen molar-refractivity contribution in [3.8, 4) is 5.75 Å². The van der Waals surface area contributed by atoms with Crippen molar-refractivity contribution in [2.45, 2.75) is 12.3 Å². The number of amides is 3. The molecule has 2 aliphatic heterocycles. The molecule has 0 aromatic heterocycles. The normalized spacial score (nSPS) is 19.4. The molecule has 2 heterocycles. The van der Waals surface area contributed by atoms with E-state index in [2.05, 4.69) is 4.90 Å². The zero-order chi connectivity index (χ0) is 21.1. The van der Waals surface area contributed by atoms with Crippen molar-refractivity contribution >= 4 is 23.4 Å². The Hall–Kier alpha value is -3.35. The van der Waals surface area contributed by atoms with Crippen molar-refractivity contribution in [1.82, 2.24) is 9.80 Å². The molecule has 156 valence electrons. The lowest BCUT2D eigenvalue weighted by atomic mass is 9.98. The summed E-state index contributed by atoms with van der Waals surface area (Å²) in [6, 6.07) is 17.1. The number of anilines is 1. The van der Waals surface area contributed by atoms with Gasteiger partial charge in [0.15, 0.2) is 0 Å². The monoisotopic (exact) mass is 407 g/mol. The number of benzene rings is 2. The number of hydrogen-bond donors (Lipinski definition) is 0. The fourth-order valence-corrected chi connectivity index (χ4v) is 4.04. The summed E-state index contributed by atoms with van der Waals surface area (Å²) in [5.41, 5.74) is 1.90. The van der Waals surface area contributed by atoms with E-state index in [1.165, 1.54) is 0 Å². The van der Waals surface area contributed by atoms with Crippen molar-refractivity contribution < 1.29 is 19.1 Å². The van der Waals surface area contributed by atoms with Gasteiger partial charge in [0.05, 0.1) is 13.0 Å². The van der Waals surface area contributed by atoms with Gasteiger partial charge < -0.3 is 14.5 Å². The summed E-state index contributed by atoms with van der Waals surface area (Å²) in [5.74, 6) is -0.421. The molecular formula is C23H25N3O4. The Kier molecular flexibility index (Phi) is 5.70. The van der Waals surface area contributed by atoms with E-state index in [0.717, 1.165) is 21.9 Å². The van der Waals surface area contributed by atoms with Crippen LogP contribution in [0.3, 0.4) is 0 Å². The van der Waals surface area contributed by atoms with E-state index in [-0.39, 0.29) is 30.7 Å². The van der Waals surface area contributed by atoms with E-state index in [4.69, 9.17) is 4.74 Å². The maximum atomic E-state index is 12.8. The summed E-state index contributed by atoms with van der Waals surface area (Å²) in [6.07, 6.45) is 0.126. The molecule has 7 heteroatoms. The van der Waals surface area contributed by atoms with Gasteiger partial charge in [-0.25, -0.2) is 0 Å². The van der Waals surface area contributed by atoms with Crippen LogP contribution in [-0.4, -0.2) is 67.4 Å². The third-order valence-corrected chi connectivity index (χ3v) is 5.81. The van der Waals surface area contributed by atoms with E-state index in [9.17, 15) is 14.4 Å². The highest BCUT2D eigenvalue weighted by molar-refractivity contribution is 6.08. The molecule has 2 saturated heterocycles. The molecule has 1 atom stereocenters. The number of hydrogen-bond acceptors (Lipinski definition) is 5. The molecule has 4 rings (SSSR count). The van der Waals surface area contributed by atoms with Crippen LogP contribution in [0.25, 0.3) is 0 Å². The van der Waals surface area contributed by atoms with Crippen LogP contribution in [0.4, 0.5) is 5.69 Å². The third kappa shape index (κ3) is 4.01. The van der Waals surface area contributed by atoms with Gasteiger partial charge >= 0.3 is 0 Å². The van der Waals surface area contributed by atoms with E-state index >= 15 is 0 Å². The second-order valence-electron chi connectivity index (χ2n) is 7.55. The number of carbonyl (C=O) groups is 3. The SMILES string of the molecule is COc1ccc(N2CCN(C(=O)CN3C(=O)CC(c4ccccc4)C3=O)CC2)cc1. The average Bonchev–Trinajstić information content (AvgIpc) is 3.08. The molecule has 3 amide bonds. The van der Waals surface area contributed by atoms with Crippen LogP contribution in [0.5, 0.6) is 5.75 Å². The van der Waals surface area contributed by atoms with Crippen LogP contribution in [0.15, 0.2) is 54.6 Å². The molecule has 2 fully saturated rings. The summed E-state index contributed by atoms with van der Waals surface area (Å²) < 4.78 is 5.19. The minimum atomic E-state index is -0.488. The fourth-order valence-electron chi connectivity index (χ4n) is 4.04. The van der Waals surface area contributed by atoms with Gasteiger partial charge in [0.25, 0.3) is 0 Å². The van der Waals surface area contributed by atoms with Gasteiger partial charge in [-0.05, 0) is 29.8 Å². The molecule has 0 aliphatic carbocycles. The van der Waals surface area contributed by atoms with Crippen molar-refractivity contribution in [3.63, 3.8) is 0 Å². The first-order chi connectivity index (χ1) is 14.6. The molecule has 7 nitrogen and oxygen atoms in total. The van der Waals surface area contributed by atoms with Gasteiger partial charge in [0, 0.05) is 38.3 Å². The summed E-state index contributed by atoms with van der Waals surface area (Å²) in [7, 11) is 1.64.